The summed E-state index contributed by atoms with van der Waals surface area (Å²) in [5, 5.41) is 14.0. The summed E-state index contributed by atoms with van der Waals surface area (Å²) in [5.74, 6) is 0. The first kappa shape index (κ1) is 43.3. The van der Waals surface area contributed by atoms with E-state index in [-0.39, 0.29) is 47.6 Å². The standard InChI is InChI=1S/2CH4O.2CH4.Y/c2*1-2;;;/h2*2H,1H3;2*1H4;. The summed E-state index contributed by atoms with van der Waals surface area (Å²) in [5.41, 5.74) is 0. The summed E-state index contributed by atoms with van der Waals surface area (Å²) in [7, 11) is 2.00. The van der Waals surface area contributed by atoms with Gasteiger partial charge in [0.25, 0.3) is 0 Å². The first-order chi connectivity index (χ1) is 2.00. The van der Waals surface area contributed by atoms with E-state index in [1.807, 2.05) is 0 Å². The van der Waals surface area contributed by atoms with Crippen LogP contribution in [-0.4, -0.2) is 24.4 Å². The third kappa shape index (κ3) is 169. The van der Waals surface area contributed by atoms with Gasteiger partial charge in [-0.15, -0.1) is 0 Å². The van der Waals surface area contributed by atoms with E-state index >= 15 is 0 Å². The second-order valence-corrected chi connectivity index (χ2v) is 0. The third-order valence-electron chi connectivity index (χ3n) is 0. The zero-order valence-corrected chi connectivity index (χ0v) is 6.31. The first-order valence-corrected chi connectivity index (χ1v) is 0.894. The molecule has 0 aromatic heterocycles. The van der Waals surface area contributed by atoms with Crippen LogP contribution >= 0.6 is 0 Å². The molecule has 0 aromatic carbocycles. The predicted octanol–water partition coefficient (Wildman–Crippen LogP) is 0.487. The zero-order valence-electron chi connectivity index (χ0n) is 3.47. The van der Waals surface area contributed by atoms with Crippen LogP contribution in [0.15, 0.2) is 0 Å². The van der Waals surface area contributed by atoms with E-state index in [9.17, 15) is 0 Å². The molecule has 0 aliphatic heterocycles. The summed E-state index contributed by atoms with van der Waals surface area (Å²) in [4.78, 5) is 0. The predicted molar refractivity (Wildman–Crippen MR) is 29.7 cm³/mol. The van der Waals surface area contributed by atoms with Gasteiger partial charge in [-0.3, -0.25) is 0 Å². The molecule has 0 fully saturated rings. The van der Waals surface area contributed by atoms with Crippen LogP contribution < -0.4 is 0 Å². The van der Waals surface area contributed by atoms with Gasteiger partial charge in [0.2, 0.25) is 0 Å². The number of hydrogen-bond donors (Lipinski definition) is 2. The fourth-order valence-corrected chi connectivity index (χ4v) is 0. The molecule has 0 rings (SSSR count). The second kappa shape index (κ2) is 243. The van der Waals surface area contributed by atoms with E-state index in [1.54, 1.807) is 0 Å². The number of rotatable bonds is 0. The van der Waals surface area contributed by atoms with Crippen LogP contribution in [0.1, 0.15) is 14.9 Å². The van der Waals surface area contributed by atoms with Crippen molar-refractivity contribution in [1.82, 2.24) is 0 Å². The van der Waals surface area contributed by atoms with E-state index in [2.05, 4.69) is 0 Å². The van der Waals surface area contributed by atoms with E-state index in [0.717, 1.165) is 14.2 Å². The molecule has 0 aliphatic rings. The Bertz CT molecular complexity index is 9.65. The molecular formula is C4H16O2Y. The first-order valence-electron chi connectivity index (χ1n) is 0.894. The van der Waals surface area contributed by atoms with E-state index in [0.29, 0.717) is 0 Å². The summed E-state index contributed by atoms with van der Waals surface area (Å²) >= 11 is 0. The van der Waals surface area contributed by atoms with Crippen molar-refractivity contribution in [2.75, 3.05) is 14.2 Å². The van der Waals surface area contributed by atoms with Gasteiger partial charge in [-0.1, -0.05) is 14.9 Å². The minimum Gasteiger partial charge on any atom is -0.400 e. The number of aliphatic hydroxyl groups is 2. The van der Waals surface area contributed by atoms with Crippen molar-refractivity contribution >= 4 is 0 Å². The van der Waals surface area contributed by atoms with Gasteiger partial charge in [-0.2, -0.15) is 0 Å². The van der Waals surface area contributed by atoms with Crippen LogP contribution in [0.5, 0.6) is 0 Å². The van der Waals surface area contributed by atoms with E-state index in [4.69, 9.17) is 10.2 Å². The number of aliphatic hydroxyl groups excluding tert-OH is 2. The summed E-state index contributed by atoms with van der Waals surface area (Å²) in [6.07, 6.45) is 0. The second-order valence-electron chi connectivity index (χ2n) is 0. The van der Waals surface area contributed by atoms with Crippen LogP contribution in [0.3, 0.4) is 0 Å². The average molecular weight is 185 g/mol. The molecule has 3 heteroatoms. The van der Waals surface area contributed by atoms with E-state index < -0.39 is 0 Å². The smallest absolute Gasteiger partial charge is 0.0319 e. The van der Waals surface area contributed by atoms with Crippen molar-refractivity contribution in [1.29, 1.82) is 0 Å². The Balaban J connectivity index is -0.00000000267. The molecule has 0 amide bonds. The maximum atomic E-state index is 7.00. The van der Waals surface area contributed by atoms with Crippen molar-refractivity contribution < 1.29 is 42.9 Å². The van der Waals surface area contributed by atoms with Gasteiger partial charge in [0, 0.05) is 46.9 Å². The van der Waals surface area contributed by atoms with Crippen LogP contribution in [0.4, 0.5) is 0 Å². The van der Waals surface area contributed by atoms with Crippen molar-refractivity contribution in [2.24, 2.45) is 0 Å². The van der Waals surface area contributed by atoms with Crippen molar-refractivity contribution in [3.05, 3.63) is 0 Å². The van der Waals surface area contributed by atoms with Gasteiger partial charge in [-0.25, -0.2) is 0 Å². The maximum Gasteiger partial charge on any atom is 0.0319 e. The molecule has 0 bridgehead atoms. The molecular weight excluding hydrogens is 169 g/mol. The van der Waals surface area contributed by atoms with Gasteiger partial charge in [0.1, 0.15) is 0 Å². The van der Waals surface area contributed by atoms with Crippen molar-refractivity contribution in [2.45, 2.75) is 14.9 Å². The fraction of sp³-hybridized carbons (Fsp3) is 1.00. The summed E-state index contributed by atoms with van der Waals surface area (Å²) < 4.78 is 0. The molecule has 2 N–H and O–H groups in total. The SMILES string of the molecule is C.C.CO.CO.[Y]. The van der Waals surface area contributed by atoms with Gasteiger partial charge < -0.3 is 10.2 Å². The van der Waals surface area contributed by atoms with Gasteiger partial charge in [0.15, 0.2) is 0 Å². The molecule has 0 aliphatic carbocycles. The Morgan fingerprint density at radius 2 is 0.714 bits per heavy atom. The van der Waals surface area contributed by atoms with Crippen LogP contribution in [0, 0.1) is 0 Å². The van der Waals surface area contributed by atoms with Crippen LogP contribution in [0.2, 0.25) is 0 Å². The summed E-state index contributed by atoms with van der Waals surface area (Å²) in [6.45, 7) is 0. The van der Waals surface area contributed by atoms with Crippen LogP contribution in [0.25, 0.3) is 0 Å². The molecule has 0 saturated heterocycles. The number of hydrogen-bond acceptors (Lipinski definition) is 2. The molecule has 7 heavy (non-hydrogen) atoms. The molecule has 0 unspecified atom stereocenters. The van der Waals surface area contributed by atoms with Gasteiger partial charge in [-0.05, 0) is 0 Å². The Hall–Kier alpha value is 1.02. The van der Waals surface area contributed by atoms with Crippen molar-refractivity contribution in [3.8, 4) is 0 Å². The molecule has 2 nitrogen and oxygen atoms in total. The van der Waals surface area contributed by atoms with Gasteiger partial charge in [0.05, 0.1) is 0 Å². The molecule has 1 radical (unpaired) electrons. The molecule has 0 heterocycles. The summed E-state index contributed by atoms with van der Waals surface area (Å²) in [6, 6.07) is 0. The normalized spacial score (nSPS) is 1.71. The Morgan fingerprint density at radius 3 is 0.714 bits per heavy atom. The minimum absolute atomic E-state index is 0. The van der Waals surface area contributed by atoms with Crippen molar-refractivity contribution in [3.63, 3.8) is 0 Å². The minimum atomic E-state index is 0. The monoisotopic (exact) mass is 185 g/mol. The van der Waals surface area contributed by atoms with Gasteiger partial charge >= 0.3 is 0 Å². The Morgan fingerprint density at radius 1 is 0.714 bits per heavy atom. The topological polar surface area (TPSA) is 40.5 Å². The maximum absolute atomic E-state index is 7.00. The van der Waals surface area contributed by atoms with Crippen LogP contribution in [-0.2, 0) is 32.7 Å². The average Bonchev–Trinajstić information content (AvgIpc) is 1.50. The quantitative estimate of drug-likeness (QED) is 0.576. The third-order valence-corrected chi connectivity index (χ3v) is 0. The van der Waals surface area contributed by atoms with E-state index in [1.165, 1.54) is 0 Å². The molecule has 0 spiro atoms. The Labute approximate surface area is 71.8 Å². The fourth-order valence-electron chi connectivity index (χ4n) is 0. The molecule has 0 aromatic rings. The Kier molecular flexibility index (Phi) is 1500. The molecule has 0 atom stereocenters. The molecule has 0 saturated carbocycles. The zero-order chi connectivity index (χ0) is 4.00. The largest absolute Gasteiger partial charge is 0.400 e. The molecule has 47 valence electrons.